The Kier molecular flexibility index (Phi) is 5.33. The maximum Gasteiger partial charge on any atom is 0.224 e. The van der Waals surface area contributed by atoms with Gasteiger partial charge >= 0.3 is 0 Å². The van der Waals surface area contributed by atoms with E-state index in [2.05, 4.69) is 34.7 Å². The van der Waals surface area contributed by atoms with Gasteiger partial charge in [-0.2, -0.15) is 5.10 Å². The van der Waals surface area contributed by atoms with Crippen LogP contribution in [0.3, 0.4) is 0 Å². The summed E-state index contributed by atoms with van der Waals surface area (Å²) >= 11 is 0. The van der Waals surface area contributed by atoms with Gasteiger partial charge in [-0.1, -0.05) is 55.3 Å². The summed E-state index contributed by atoms with van der Waals surface area (Å²) in [6.07, 6.45) is 8.98. The molecule has 4 nitrogen and oxygen atoms in total. The molecule has 2 aromatic carbocycles. The van der Waals surface area contributed by atoms with Crippen molar-refractivity contribution >= 4 is 5.91 Å². The minimum atomic E-state index is 0.0857. The van der Waals surface area contributed by atoms with Crippen molar-refractivity contribution in [3.8, 4) is 5.69 Å². The molecule has 27 heavy (non-hydrogen) atoms. The van der Waals surface area contributed by atoms with Gasteiger partial charge in [0, 0.05) is 12.4 Å². The van der Waals surface area contributed by atoms with Gasteiger partial charge in [0.1, 0.15) is 0 Å². The van der Waals surface area contributed by atoms with Crippen molar-refractivity contribution in [2.45, 2.75) is 38.1 Å². The molecule has 4 rings (SSSR count). The molecule has 1 saturated carbocycles. The molecular formula is C23H25N3O. The molecule has 0 bridgehead atoms. The number of hydrogen-bond donors (Lipinski definition) is 1. The predicted molar refractivity (Wildman–Crippen MR) is 107 cm³/mol. The molecule has 0 radical (unpaired) electrons. The van der Waals surface area contributed by atoms with E-state index in [-0.39, 0.29) is 11.9 Å². The zero-order valence-electron chi connectivity index (χ0n) is 15.4. The third-order valence-electron chi connectivity index (χ3n) is 5.42. The number of nitrogens with one attached hydrogen (secondary N) is 1. The predicted octanol–water partition coefficient (Wildman–Crippen LogP) is 4.46. The minimum absolute atomic E-state index is 0.0857. The Bertz CT molecular complexity index is 850. The Morgan fingerprint density at radius 2 is 1.78 bits per heavy atom. The molecule has 1 aromatic heterocycles. The molecule has 1 aliphatic rings. The van der Waals surface area contributed by atoms with Gasteiger partial charge in [-0.3, -0.25) is 4.79 Å². The lowest BCUT2D eigenvalue weighted by molar-refractivity contribution is -0.121. The summed E-state index contributed by atoms with van der Waals surface area (Å²) in [5.41, 5.74) is 3.23. The minimum Gasteiger partial charge on any atom is -0.349 e. The summed E-state index contributed by atoms with van der Waals surface area (Å²) in [6, 6.07) is 20.4. The molecule has 138 valence electrons. The first-order chi connectivity index (χ1) is 13.3. The Balaban J connectivity index is 1.43. The van der Waals surface area contributed by atoms with Crippen LogP contribution in [0, 0.1) is 5.92 Å². The maximum atomic E-state index is 12.7. The molecule has 1 atom stereocenters. The number of hydrogen-bond acceptors (Lipinski definition) is 2. The summed E-state index contributed by atoms with van der Waals surface area (Å²) in [4.78, 5) is 12.7. The smallest absolute Gasteiger partial charge is 0.224 e. The number of benzene rings is 2. The molecule has 3 aromatic rings. The van der Waals surface area contributed by atoms with E-state index < -0.39 is 0 Å². The zero-order chi connectivity index (χ0) is 18.5. The molecule has 0 aliphatic heterocycles. The van der Waals surface area contributed by atoms with Gasteiger partial charge in [-0.05, 0) is 48.1 Å². The second-order valence-electron chi connectivity index (χ2n) is 7.29. The Morgan fingerprint density at radius 1 is 1.04 bits per heavy atom. The first kappa shape index (κ1) is 17.5. The highest BCUT2D eigenvalue weighted by atomic mass is 16.1. The van der Waals surface area contributed by atoms with Crippen LogP contribution in [0.5, 0.6) is 0 Å². The Hall–Kier alpha value is -2.88. The summed E-state index contributed by atoms with van der Waals surface area (Å²) in [7, 11) is 0. The van der Waals surface area contributed by atoms with Crippen LogP contribution in [-0.4, -0.2) is 15.7 Å². The highest BCUT2D eigenvalue weighted by Crippen LogP contribution is 2.35. The van der Waals surface area contributed by atoms with E-state index in [1.807, 2.05) is 47.3 Å². The van der Waals surface area contributed by atoms with E-state index in [0.29, 0.717) is 12.3 Å². The van der Waals surface area contributed by atoms with Crippen molar-refractivity contribution in [3.63, 3.8) is 0 Å². The average molecular weight is 359 g/mol. The third-order valence-corrected chi connectivity index (χ3v) is 5.42. The van der Waals surface area contributed by atoms with Gasteiger partial charge in [0.25, 0.3) is 0 Å². The number of carbonyl (C=O) groups excluding carboxylic acids is 1. The van der Waals surface area contributed by atoms with Crippen LogP contribution in [-0.2, 0) is 11.2 Å². The summed E-state index contributed by atoms with van der Waals surface area (Å²) in [6.45, 7) is 0. The van der Waals surface area contributed by atoms with Crippen LogP contribution in [0.15, 0.2) is 73.1 Å². The largest absolute Gasteiger partial charge is 0.349 e. The normalized spacial score (nSPS) is 15.6. The second kappa shape index (κ2) is 8.21. The van der Waals surface area contributed by atoms with Gasteiger partial charge in [0.15, 0.2) is 0 Å². The lowest BCUT2D eigenvalue weighted by Crippen LogP contribution is -2.33. The lowest BCUT2D eigenvalue weighted by atomic mass is 9.91. The first-order valence-electron chi connectivity index (χ1n) is 9.73. The average Bonchev–Trinajstić information content (AvgIpc) is 3.41. The van der Waals surface area contributed by atoms with E-state index in [0.717, 1.165) is 11.3 Å². The number of rotatable bonds is 6. The molecule has 1 fully saturated rings. The van der Waals surface area contributed by atoms with Crippen molar-refractivity contribution in [2.75, 3.05) is 0 Å². The Labute approximate surface area is 160 Å². The van der Waals surface area contributed by atoms with Crippen molar-refractivity contribution in [1.29, 1.82) is 0 Å². The van der Waals surface area contributed by atoms with E-state index >= 15 is 0 Å². The topological polar surface area (TPSA) is 46.9 Å². The molecule has 1 amide bonds. The second-order valence-corrected chi connectivity index (χ2v) is 7.29. The standard InChI is InChI=1S/C23H25N3O/c27-22(17-18-11-13-21(14-12-18)26-16-6-15-24-26)25-23(20-9-4-5-10-20)19-7-2-1-3-8-19/h1-3,6-8,11-16,20,23H,4-5,9-10,17H2,(H,25,27). The van der Waals surface area contributed by atoms with E-state index in [1.165, 1.54) is 31.2 Å². The van der Waals surface area contributed by atoms with Gasteiger partial charge in [0.05, 0.1) is 18.2 Å². The van der Waals surface area contributed by atoms with Crippen LogP contribution in [0.2, 0.25) is 0 Å². The zero-order valence-corrected chi connectivity index (χ0v) is 15.4. The number of nitrogens with zero attached hydrogens (tertiary/aromatic N) is 2. The fraction of sp³-hybridized carbons (Fsp3) is 0.304. The molecule has 0 saturated heterocycles. The maximum absolute atomic E-state index is 12.7. The fourth-order valence-electron chi connectivity index (χ4n) is 4.02. The quantitative estimate of drug-likeness (QED) is 0.706. The van der Waals surface area contributed by atoms with Crippen molar-refractivity contribution in [3.05, 3.63) is 84.2 Å². The van der Waals surface area contributed by atoms with Crippen LogP contribution >= 0.6 is 0 Å². The number of carbonyl (C=O) groups is 1. The monoisotopic (exact) mass is 359 g/mol. The van der Waals surface area contributed by atoms with Gasteiger partial charge in [0.2, 0.25) is 5.91 Å². The summed E-state index contributed by atoms with van der Waals surface area (Å²) < 4.78 is 1.81. The summed E-state index contributed by atoms with van der Waals surface area (Å²) in [5.74, 6) is 0.626. The molecule has 1 unspecified atom stereocenters. The Morgan fingerprint density at radius 3 is 2.44 bits per heavy atom. The molecule has 1 heterocycles. The highest BCUT2D eigenvalue weighted by molar-refractivity contribution is 5.79. The van der Waals surface area contributed by atoms with Crippen molar-refractivity contribution in [1.82, 2.24) is 15.1 Å². The van der Waals surface area contributed by atoms with E-state index in [4.69, 9.17) is 0 Å². The van der Waals surface area contributed by atoms with Crippen molar-refractivity contribution in [2.24, 2.45) is 5.92 Å². The molecule has 0 spiro atoms. The van der Waals surface area contributed by atoms with Crippen LogP contribution in [0.4, 0.5) is 0 Å². The molecule has 4 heteroatoms. The SMILES string of the molecule is O=C(Cc1ccc(-n2cccn2)cc1)NC(c1ccccc1)C1CCCC1. The van der Waals surface area contributed by atoms with Crippen LogP contribution < -0.4 is 5.32 Å². The van der Waals surface area contributed by atoms with Crippen molar-refractivity contribution < 1.29 is 4.79 Å². The van der Waals surface area contributed by atoms with E-state index in [9.17, 15) is 4.79 Å². The van der Waals surface area contributed by atoms with E-state index in [1.54, 1.807) is 6.20 Å². The molecule has 1 N–H and O–H groups in total. The first-order valence-corrected chi connectivity index (χ1v) is 9.73. The highest BCUT2D eigenvalue weighted by Gasteiger charge is 2.27. The lowest BCUT2D eigenvalue weighted by Gasteiger charge is -2.25. The van der Waals surface area contributed by atoms with Gasteiger partial charge < -0.3 is 5.32 Å². The molecular weight excluding hydrogens is 334 g/mol. The summed E-state index contributed by atoms with van der Waals surface area (Å²) in [5, 5.41) is 7.54. The molecule has 1 aliphatic carbocycles. The van der Waals surface area contributed by atoms with Crippen LogP contribution in [0.25, 0.3) is 5.69 Å². The van der Waals surface area contributed by atoms with Crippen LogP contribution in [0.1, 0.15) is 42.9 Å². The number of amides is 1. The third kappa shape index (κ3) is 4.27. The number of aromatic nitrogens is 2. The van der Waals surface area contributed by atoms with Gasteiger partial charge in [-0.15, -0.1) is 0 Å². The van der Waals surface area contributed by atoms with Gasteiger partial charge in [-0.25, -0.2) is 4.68 Å². The fourth-order valence-corrected chi connectivity index (χ4v) is 4.02.